The van der Waals surface area contributed by atoms with Gasteiger partial charge in [0.05, 0.1) is 12.1 Å². The minimum Gasteiger partial charge on any atom is -0.326 e. The Morgan fingerprint density at radius 1 is 1.22 bits per heavy atom. The molecule has 0 unspecified atom stereocenters. The molecule has 2 heterocycles. The van der Waals surface area contributed by atoms with Crippen LogP contribution in [-0.2, 0) is 11.2 Å². The predicted molar refractivity (Wildman–Crippen MR) is 91.2 cm³/mol. The van der Waals surface area contributed by atoms with Crippen molar-refractivity contribution >= 4 is 45.6 Å². The number of anilines is 3. The maximum Gasteiger partial charge on any atom is 0.230 e. The molecular formula is C15H12ClN5OS. The quantitative estimate of drug-likeness (QED) is 0.739. The Morgan fingerprint density at radius 3 is 2.83 bits per heavy atom. The predicted octanol–water partition coefficient (Wildman–Crippen LogP) is 3.51. The molecule has 23 heavy (non-hydrogen) atoms. The van der Waals surface area contributed by atoms with Gasteiger partial charge in [0.1, 0.15) is 0 Å². The number of carbonyl (C=O) groups excluding carboxylic acids is 1. The van der Waals surface area contributed by atoms with Gasteiger partial charge in [0.25, 0.3) is 0 Å². The number of hydrogen-bond donors (Lipinski definition) is 2. The summed E-state index contributed by atoms with van der Waals surface area (Å²) < 4.78 is 0. The summed E-state index contributed by atoms with van der Waals surface area (Å²) in [4.78, 5) is 24.5. The average molecular weight is 346 g/mol. The number of nitrogens with one attached hydrogen (secondary N) is 2. The molecule has 0 aliphatic carbocycles. The molecule has 2 N–H and O–H groups in total. The summed E-state index contributed by atoms with van der Waals surface area (Å²) in [5.74, 6) is 0.317. The van der Waals surface area contributed by atoms with E-state index in [1.54, 1.807) is 42.7 Å². The summed E-state index contributed by atoms with van der Waals surface area (Å²) in [6, 6.07) is 8.74. The van der Waals surface area contributed by atoms with E-state index in [0.717, 1.165) is 0 Å². The molecule has 6 nitrogen and oxygen atoms in total. The van der Waals surface area contributed by atoms with Crippen LogP contribution >= 0.6 is 22.9 Å². The second-order valence-electron chi connectivity index (χ2n) is 4.58. The van der Waals surface area contributed by atoms with E-state index in [4.69, 9.17) is 11.6 Å². The van der Waals surface area contributed by atoms with Gasteiger partial charge in [0.2, 0.25) is 11.9 Å². The first-order chi connectivity index (χ1) is 11.2. The number of amides is 1. The summed E-state index contributed by atoms with van der Waals surface area (Å²) in [6.07, 6.45) is 3.46. The van der Waals surface area contributed by atoms with Crippen LogP contribution in [0.15, 0.2) is 48.1 Å². The molecule has 0 aliphatic heterocycles. The molecule has 0 radical (unpaired) electrons. The largest absolute Gasteiger partial charge is 0.326 e. The molecule has 116 valence electrons. The summed E-state index contributed by atoms with van der Waals surface area (Å²) >= 11 is 7.28. The van der Waals surface area contributed by atoms with E-state index in [2.05, 4.69) is 25.6 Å². The standard InChI is InChI=1S/C15H12ClN5OS/c16-10-3-1-4-11(7-10)19-13(22)8-12-9-23-15(20-12)21-14-17-5-2-6-18-14/h1-7,9H,8H2,(H,19,22)(H,17,18,20,21). The van der Waals surface area contributed by atoms with Crippen molar-refractivity contribution in [1.29, 1.82) is 0 Å². The van der Waals surface area contributed by atoms with E-state index < -0.39 is 0 Å². The lowest BCUT2D eigenvalue weighted by Gasteiger charge is -2.04. The van der Waals surface area contributed by atoms with Crippen LogP contribution in [0.3, 0.4) is 0 Å². The van der Waals surface area contributed by atoms with E-state index in [-0.39, 0.29) is 12.3 Å². The zero-order chi connectivity index (χ0) is 16.1. The lowest BCUT2D eigenvalue weighted by Crippen LogP contribution is -2.14. The molecule has 0 aliphatic rings. The highest BCUT2D eigenvalue weighted by molar-refractivity contribution is 7.13. The number of rotatable bonds is 5. The van der Waals surface area contributed by atoms with Gasteiger partial charge in [-0.3, -0.25) is 4.79 Å². The molecular weight excluding hydrogens is 334 g/mol. The Kier molecular flexibility index (Phi) is 4.80. The maximum atomic E-state index is 12.0. The molecule has 2 aromatic heterocycles. The smallest absolute Gasteiger partial charge is 0.230 e. The minimum absolute atomic E-state index is 0.153. The van der Waals surface area contributed by atoms with Gasteiger partial charge >= 0.3 is 0 Å². The lowest BCUT2D eigenvalue weighted by molar-refractivity contribution is -0.115. The van der Waals surface area contributed by atoms with Gasteiger partial charge in [0, 0.05) is 28.5 Å². The Bertz CT molecular complexity index is 808. The Morgan fingerprint density at radius 2 is 2.04 bits per heavy atom. The van der Waals surface area contributed by atoms with Crippen molar-refractivity contribution in [2.45, 2.75) is 6.42 Å². The van der Waals surface area contributed by atoms with Gasteiger partial charge in [-0.1, -0.05) is 17.7 Å². The van der Waals surface area contributed by atoms with E-state index in [0.29, 0.717) is 27.5 Å². The van der Waals surface area contributed by atoms with Gasteiger partial charge in [-0.05, 0) is 24.3 Å². The van der Waals surface area contributed by atoms with Crippen LogP contribution in [0, 0.1) is 0 Å². The van der Waals surface area contributed by atoms with Gasteiger partial charge < -0.3 is 10.6 Å². The first-order valence-corrected chi connectivity index (χ1v) is 7.99. The summed E-state index contributed by atoms with van der Waals surface area (Å²) in [6.45, 7) is 0. The van der Waals surface area contributed by atoms with Gasteiger partial charge in [-0.15, -0.1) is 11.3 Å². The van der Waals surface area contributed by atoms with Crippen LogP contribution in [0.4, 0.5) is 16.8 Å². The van der Waals surface area contributed by atoms with Crippen LogP contribution < -0.4 is 10.6 Å². The van der Waals surface area contributed by atoms with Gasteiger partial charge in [0.15, 0.2) is 5.13 Å². The molecule has 1 aromatic carbocycles. The number of thiazole rings is 1. The fraction of sp³-hybridized carbons (Fsp3) is 0.0667. The van der Waals surface area contributed by atoms with Crippen molar-refractivity contribution in [2.75, 3.05) is 10.6 Å². The van der Waals surface area contributed by atoms with E-state index in [1.807, 2.05) is 5.38 Å². The number of halogens is 1. The second-order valence-corrected chi connectivity index (χ2v) is 5.87. The first-order valence-electron chi connectivity index (χ1n) is 6.73. The molecule has 3 aromatic rings. The molecule has 1 amide bonds. The van der Waals surface area contributed by atoms with Crippen LogP contribution in [0.1, 0.15) is 5.69 Å². The summed E-state index contributed by atoms with van der Waals surface area (Å²) in [5.41, 5.74) is 1.33. The van der Waals surface area contributed by atoms with Gasteiger partial charge in [-0.25, -0.2) is 15.0 Å². The Balaban J connectivity index is 1.59. The average Bonchev–Trinajstić information content (AvgIpc) is 2.95. The number of aromatic nitrogens is 3. The van der Waals surface area contributed by atoms with Crippen LogP contribution in [0.5, 0.6) is 0 Å². The normalized spacial score (nSPS) is 10.3. The maximum absolute atomic E-state index is 12.0. The highest BCUT2D eigenvalue weighted by atomic mass is 35.5. The molecule has 8 heteroatoms. The zero-order valence-electron chi connectivity index (χ0n) is 11.9. The van der Waals surface area contributed by atoms with Crippen LogP contribution in [-0.4, -0.2) is 20.9 Å². The molecule has 0 bridgehead atoms. The summed E-state index contributed by atoms with van der Waals surface area (Å²) in [5, 5.41) is 8.81. The van der Waals surface area contributed by atoms with E-state index >= 15 is 0 Å². The first kappa shape index (κ1) is 15.4. The lowest BCUT2D eigenvalue weighted by atomic mass is 10.3. The Labute approximate surface area is 141 Å². The molecule has 0 saturated carbocycles. The molecule has 3 rings (SSSR count). The van der Waals surface area contributed by atoms with Crippen molar-refractivity contribution in [2.24, 2.45) is 0 Å². The van der Waals surface area contributed by atoms with Crippen molar-refractivity contribution < 1.29 is 4.79 Å². The number of carbonyl (C=O) groups is 1. The topological polar surface area (TPSA) is 79.8 Å². The SMILES string of the molecule is O=C(Cc1csc(Nc2ncccn2)n1)Nc1cccc(Cl)c1. The number of hydrogen-bond acceptors (Lipinski definition) is 6. The summed E-state index contributed by atoms with van der Waals surface area (Å²) in [7, 11) is 0. The highest BCUT2D eigenvalue weighted by Crippen LogP contribution is 2.19. The van der Waals surface area contributed by atoms with E-state index in [9.17, 15) is 4.79 Å². The molecule has 0 atom stereocenters. The molecule has 0 fully saturated rings. The highest BCUT2D eigenvalue weighted by Gasteiger charge is 2.09. The monoisotopic (exact) mass is 345 g/mol. The van der Waals surface area contributed by atoms with E-state index in [1.165, 1.54) is 11.3 Å². The molecule has 0 saturated heterocycles. The zero-order valence-corrected chi connectivity index (χ0v) is 13.4. The number of benzene rings is 1. The Hall–Kier alpha value is -2.51. The second kappa shape index (κ2) is 7.17. The van der Waals surface area contributed by atoms with Gasteiger partial charge in [-0.2, -0.15) is 0 Å². The third-order valence-electron chi connectivity index (χ3n) is 2.79. The third-order valence-corrected chi connectivity index (χ3v) is 3.83. The van der Waals surface area contributed by atoms with Crippen molar-refractivity contribution in [1.82, 2.24) is 15.0 Å². The van der Waals surface area contributed by atoms with Crippen molar-refractivity contribution in [3.8, 4) is 0 Å². The third kappa shape index (κ3) is 4.48. The van der Waals surface area contributed by atoms with Crippen molar-refractivity contribution in [3.63, 3.8) is 0 Å². The van der Waals surface area contributed by atoms with Crippen molar-refractivity contribution in [3.05, 3.63) is 58.8 Å². The fourth-order valence-electron chi connectivity index (χ4n) is 1.84. The minimum atomic E-state index is -0.153. The number of nitrogens with zero attached hydrogens (tertiary/aromatic N) is 3. The van der Waals surface area contributed by atoms with Crippen LogP contribution in [0.25, 0.3) is 0 Å². The molecule has 0 spiro atoms. The van der Waals surface area contributed by atoms with Crippen LogP contribution in [0.2, 0.25) is 5.02 Å². The fourth-order valence-corrected chi connectivity index (χ4v) is 2.73.